The highest BCUT2D eigenvalue weighted by atomic mass is 32.1. The first-order valence-corrected chi connectivity index (χ1v) is 7.06. The second kappa shape index (κ2) is 5.80. The van der Waals surface area contributed by atoms with Crippen molar-refractivity contribution in [1.82, 2.24) is 4.98 Å². The molecule has 2 N–H and O–H groups in total. The lowest BCUT2D eigenvalue weighted by molar-refractivity contribution is 0.205. The number of rotatable bonds is 7. The van der Waals surface area contributed by atoms with E-state index < -0.39 is 0 Å². The van der Waals surface area contributed by atoms with Gasteiger partial charge in [0, 0.05) is 31.1 Å². The molecule has 1 aromatic rings. The smallest absolute Gasteiger partial charge is 0.186 e. The Labute approximate surface area is 107 Å². The summed E-state index contributed by atoms with van der Waals surface area (Å²) in [7, 11) is 1.75. The van der Waals surface area contributed by atoms with E-state index >= 15 is 0 Å². The molecule has 0 spiro atoms. The van der Waals surface area contributed by atoms with Crippen molar-refractivity contribution in [3.63, 3.8) is 0 Å². The number of anilines is 1. The van der Waals surface area contributed by atoms with Gasteiger partial charge in [-0.05, 0) is 19.3 Å². The molecule has 0 atom stereocenters. The first kappa shape index (κ1) is 12.8. The molecule has 0 radical (unpaired) electrons. The number of hydrogen-bond acceptors (Lipinski definition) is 5. The van der Waals surface area contributed by atoms with Gasteiger partial charge in [-0.3, -0.25) is 0 Å². The lowest BCUT2D eigenvalue weighted by Gasteiger charge is -2.20. The maximum atomic E-state index is 5.76. The predicted molar refractivity (Wildman–Crippen MR) is 71.6 cm³/mol. The minimum atomic E-state index is 0.601. The second-order valence-corrected chi connectivity index (χ2v) is 5.40. The number of nitrogens with two attached hydrogens (primary N) is 1. The number of nitrogens with zero attached hydrogens (tertiary/aromatic N) is 2. The van der Waals surface area contributed by atoms with Crippen molar-refractivity contribution in [2.75, 3.05) is 25.2 Å². The van der Waals surface area contributed by atoms with Crippen LogP contribution in [0, 0.1) is 0 Å². The van der Waals surface area contributed by atoms with Crippen LogP contribution in [-0.4, -0.2) is 31.3 Å². The van der Waals surface area contributed by atoms with Crippen LogP contribution in [0.5, 0.6) is 0 Å². The molecule has 2 rings (SSSR count). The van der Waals surface area contributed by atoms with Gasteiger partial charge in [0.25, 0.3) is 0 Å². The summed E-state index contributed by atoms with van der Waals surface area (Å²) < 4.78 is 5.17. The molecular weight excluding hydrogens is 234 g/mol. The average Bonchev–Trinajstić information content (AvgIpc) is 3.09. The first-order chi connectivity index (χ1) is 8.30. The van der Waals surface area contributed by atoms with E-state index in [1.807, 2.05) is 0 Å². The van der Waals surface area contributed by atoms with E-state index in [2.05, 4.69) is 11.8 Å². The zero-order chi connectivity index (χ0) is 12.3. The van der Waals surface area contributed by atoms with Gasteiger partial charge in [-0.25, -0.2) is 4.98 Å². The number of methoxy groups -OCH3 is 1. The van der Waals surface area contributed by atoms with E-state index in [1.165, 1.54) is 17.7 Å². The molecule has 1 saturated carbocycles. The van der Waals surface area contributed by atoms with E-state index in [9.17, 15) is 0 Å². The van der Waals surface area contributed by atoms with Crippen molar-refractivity contribution >= 4 is 16.5 Å². The van der Waals surface area contributed by atoms with Crippen LogP contribution in [0.2, 0.25) is 0 Å². The van der Waals surface area contributed by atoms with Gasteiger partial charge in [-0.1, -0.05) is 6.92 Å². The zero-order valence-electron chi connectivity index (χ0n) is 10.6. The number of aromatic nitrogens is 1. The van der Waals surface area contributed by atoms with Gasteiger partial charge in [0.2, 0.25) is 0 Å². The van der Waals surface area contributed by atoms with E-state index in [4.69, 9.17) is 15.5 Å². The Balaban J connectivity index is 2.14. The lowest BCUT2D eigenvalue weighted by atomic mass is 10.3. The van der Waals surface area contributed by atoms with Crippen LogP contribution in [-0.2, 0) is 17.7 Å². The third-order valence-corrected chi connectivity index (χ3v) is 4.21. The van der Waals surface area contributed by atoms with E-state index in [0.29, 0.717) is 12.6 Å². The molecule has 4 nitrogen and oxygen atoms in total. The Kier molecular flexibility index (Phi) is 4.36. The predicted octanol–water partition coefficient (Wildman–Crippen LogP) is 1.78. The Morgan fingerprint density at radius 3 is 2.76 bits per heavy atom. The summed E-state index contributed by atoms with van der Waals surface area (Å²) in [5.74, 6) is 0. The highest BCUT2D eigenvalue weighted by Crippen LogP contribution is 2.35. The summed E-state index contributed by atoms with van der Waals surface area (Å²) >= 11 is 1.75. The Morgan fingerprint density at radius 2 is 2.29 bits per heavy atom. The SMILES string of the molecule is CCc1nc(N(CCOC)C2CC2)sc1CN. The van der Waals surface area contributed by atoms with Gasteiger partial charge in [0.1, 0.15) is 0 Å². The van der Waals surface area contributed by atoms with Crippen molar-refractivity contribution in [2.24, 2.45) is 5.73 Å². The van der Waals surface area contributed by atoms with Crippen molar-refractivity contribution < 1.29 is 4.74 Å². The Morgan fingerprint density at radius 1 is 1.53 bits per heavy atom. The van der Waals surface area contributed by atoms with Crippen LogP contribution in [0.15, 0.2) is 0 Å². The quantitative estimate of drug-likeness (QED) is 0.807. The molecule has 1 aromatic heterocycles. The number of hydrogen-bond donors (Lipinski definition) is 1. The number of ether oxygens (including phenoxy) is 1. The maximum Gasteiger partial charge on any atom is 0.186 e. The molecule has 0 bridgehead atoms. The van der Waals surface area contributed by atoms with Gasteiger partial charge in [0.05, 0.1) is 12.3 Å². The van der Waals surface area contributed by atoms with Crippen LogP contribution in [0.25, 0.3) is 0 Å². The van der Waals surface area contributed by atoms with Gasteiger partial charge >= 0.3 is 0 Å². The fourth-order valence-electron chi connectivity index (χ4n) is 1.94. The number of aryl methyl sites for hydroxylation is 1. The minimum absolute atomic E-state index is 0.601. The summed E-state index contributed by atoms with van der Waals surface area (Å²) in [4.78, 5) is 8.33. The summed E-state index contributed by atoms with van der Waals surface area (Å²) in [5.41, 5.74) is 6.92. The Bertz CT molecular complexity index is 341. The van der Waals surface area contributed by atoms with Crippen molar-refractivity contribution in [3.8, 4) is 0 Å². The van der Waals surface area contributed by atoms with Crippen molar-refractivity contribution in [1.29, 1.82) is 0 Å². The van der Waals surface area contributed by atoms with Crippen molar-refractivity contribution in [2.45, 2.75) is 38.8 Å². The van der Waals surface area contributed by atoms with E-state index in [-0.39, 0.29) is 0 Å². The van der Waals surface area contributed by atoms with Gasteiger partial charge in [-0.2, -0.15) is 0 Å². The van der Waals surface area contributed by atoms with Crippen LogP contribution >= 0.6 is 11.3 Å². The lowest BCUT2D eigenvalue weighted by Crippen LogP contribution is -2.29. The minimum Gasteiger partial charge on any atom is -0.383 e. The van der Waals surface area contributed by atoms with Crippen LogP contribution in [0.1, 0.15) is 30.3 Å². The average molecular weight is 255 g/mol. The topological polar surface area (TPSA) is 51.4 Å². The third kappa shape index (κ3) is 2.97. The number of thiazole rings is 1. The molecule has 0 aliphatic heterocycles. The molecule has 1 aliphatic carbocycles. The molecule has 0 amide bonds. The molecule has 17 heavy (non-hydrogen) atoms. The van der Waals surface area contributed by atoms with Gasteiger partial charge in [0.15, 0.2) is 5.13 Å². The fraction of sp³-hybridized carbons (Fsp3) is 0.750. The monoisotopic (exact) mass is 255 g/mol. The zero-order valence-corrected chi connectivity index (χ0v) is 11.4. The van der Waals surface area contributed by atoms with Gasteiger partial charge < -0.3 is 15.4 Å². The Hall–Kier alpha value is -0.650. The van der Waals surface area contributed by atoms with Gasteiger partial charge in [-0.15, -0.1) is 11.3 Å². The summed E-state index contributed by atoms with van der Waals surface area (Å²) in [6.07, 6.45) is 3.53. The van der Waals surface area contributed by atoms with E-state index in [0.717, 1.165) is 30.4 Å². The maximum absolute atomic E-state index is 5.76. The molecule has 5 heteroatoms. The van der Waals surface area contributed by atoms with E-state index in [1.54, 1.807) is 18.4 Å². The van der Waals surface area contributed by atoms with Crippen LogP contribution < -0.4 is 10.6 Å². The normalized spacial score (nSPS) is 15.2. The second-order valence-electron chi connectivity index (χ2n) is 4.34. The first-order valence-electron chi connectivity index (χ1n) is 6.24. The molecular formula is C12H21N3OS. The highest BCUT2D eigenvalue weighted by molar-refractivity contribution is 7.15. The molecule has 1 fully saturated rings. The van der Waals surface area contributed by atoms with Crippen LogP contribution in [0.4, 0.5) is 5.13 Å². The van der Waals surface area contributed by atoms with Crippen LogP contribution in [0.3, 0.4) is 0 Å². The summed E-state index contributed by atoms with van der Waals surface area (Å²) in [6.45, 7) is 4.43. The fourth-order valence-corrected chi connectivity index (χ4v) is 3.06. The summed E-state index contributed by atoms with van der Waals surface area (Å²) in [6, 6.07) is 0.673. The molecule has 0 unspecified atom stereocenters. The van der Waals surface area contributed by atoms with Crippen molar-refractivity contribution in [3.05, 3.63) is 10.6 Å². The standard InChI is InChI=1S/C12H21N3OS/c1-3-10-11(8-13)17-12(14-10)15(6-7-16-2)9-4-5-9/h9H,3-8,13H2,1-2H3. The molecule has 1 heterocycles. The third-order valence-electron chi connectivity index (χ3n) is 3.06. The molecule has 0 saturated heterocycles. The molecule has 0 aromatic carbocycles. The molecule has 96 valence electrons. The molecule has 1 aliphatic rings. The summed E-state index contributed by atoms with van der Waals surface area (Å²) in [5, 5.41) is 1.13. The highest BCUT2D eigenvalue weighted by Gasteiger charge is 2.31. The largest absolute Gasteiger partial charge is 0.383 e.